The standard InChI is InChI=1S/C16H17BrClNO/c1-11(19)8-13-9-15(18)6-7-16(13)20-10-12-2-4-14(17)5-3-12/h2-7,9,11H,8,10,19H2,1H3. The van der Waals surface area contributed by atoms with Gasteiger partial charge in [-0.25, -0.2) is 0 Å². The van der Waals surface area contributed by atoms with E-state index in [1.165, 1.54) is 0 Å². The minimum Gasteiger partial charge on any atom is -0.489 e. The number of rotatable bonds is 5. The lowest BCUT2D eigenvalue weighted by Crippen LogP contribution is -2.18. The van der Waals surface area contributed by atoms with Gasteiger partial charge in [0.05, 0.1) is 0 Å². The van der Waals surface area contributed by atoms with Gasteiger partial charge in [0, 0.05) is 15.5 Å². The van der Waals surface area contributed by atoms with Crippen LogP contribution in [0.5, 0.6) is 5.75 Å². The van der Waals surface area contributed by atoms with Crippen molar-refractivity contribution in [1.29, 1.82) is 0 Å². The minimum atomic E-state index is 0.0727. The highest BCUT2D eigenvalue weighted by Gasteiger charge is 2.07. The van der Waals surface area contributed by atoms with E-state index in [1.54, 1.807) is 0 Å². The van der Waals surface area contributed by atoms with Crippen molar-refractivity contribution in [3.8, 4) is 5.75 Å². The third-order valence-electron chi connectivity index (χ3n) is 2.87. The Kier molecular flexibility index (Phi) is 5.46. The van der Waals surface area contributed by atoms with Crippen LogP contribution in [-0.2, 0) is 13.0 Å². The van der Waals surface area contributed by atoms with Crippen LogP contribution in [0, 0.1) is 0 Å². The van der Waals surface area contributed by atoms with E-state index in [-0.39, 0.29) is 6.04 Å². The molecule has 2 aromatic carbocycles. The molecule has 0 aliphatic carbocycles. The number of benzene rings is 2. The molecule has 0 radical (unpaired) electrons. The van der Waals surface area contributed by atoms with Gasteiger partial charge in [-0.15, -0.1) is 0 Å². The third kappa shape index (κ3) is 4.51. The molecule has 0 aliphatic heterocycles. The van der Waals surface area contributed by atoms with Crippen molar-refractivity contribution in [2.45, 2.75) is 26.0 Å². The van der Waals surface area contributed by atoms with Crippen molar-refractivity contribution >= 4 is 27.5 Å². The molecule has 4 heteroatoms. The van der Waals surface area contributed by atoms with E-state index in [4.69, 9.17) is 22.1 Å². The fourth-order valence-electron chi connectivity index (χ4n) is 1.94. The number of hydrogen-bond donors (Lipinski definition) is 1. The van der Waals surface area contributed by atoms with E-state index in [1.807, 2.05) is 49.4 Å². The molecule has 2 aromatic rings. The Balaban J connectivity index is 2.10. The molecule has 0 aromatic heterocycles. The van der Waals surface area contributed by atoms with E-state index in [0.29, 0.717) is 11.6 Å². The summed E-state index contributed by atoms with van der Waals surface area (Å²) in [7, 11) is 0. The van der Waals surface area contributed by atoms with Crippen molar-refractivity contribution in [1.82, 2.24) is 0 Å². The summed E-state index contributed by atoms with van der Waals surface area (Å²) in [4.78, 5) is 0. The Labute approximate surface area is 133 Å². The molecule has 1 atom stereocenters. The van der Waals surface area contributed by atoms with Crippen molar-refractivity contribution in [2.75, 3.05) is 0 Å². The second-order valence-corrected chi connectivity index (χ2v) is 6.20. The maximum atomic E-state index is 6.03. The molecule has 0 amide bonds. The van der Waals surface area contributed by atoms with Crippen LogP contribution in [0.3, 0.4) is 0 Å². The highest BCUT2D eigenvalue weighted by Crippen LogP contribution is 2.25. The quantitative estimate of drug-likeness (QED) is 0.853. The Hall–Kier alpha value is -1.03. The van der Waals surface area contributed by atoms with Gasteiger partial charge in [0.15, 0.2) is 0 Å². The van der Waals surface area contributed by atoms with E-state index in [9.17, 15) is 0 Å². The largest absolute Gasteiger partial charge is 0.489 e. The first-order valence-corrected chi connectivity index (χ1v) is 7.63. The summed E-state index contributed by atoms with van der Waals surface area (Å²) < 4.78 is 6.95. The number of ether oxygens (including phenoxy) is 1. The molecule has 0 bridgehead atoms. The summed E-state index contributed by atoms with van der Waals surface area (Å²) in [5.41, 5.74) is 8.03. The van der Waals surface area contributed by atoms with Gasteiger partial charge in [0.2, 0.25) is 0 Å². The lowest BCUT2D eigenvalue weighted by atomic mass is 10.1. The zero-order chi connectivity index (χ0) is 14.5. The summed E-state index contributed by atoms with van der Waals surface area (Å²) >= 11 is 9.45. The van der Waals surface area contributed by atoms with Crippen LogP contribution in [0.2, 0.25) is 5.02 Å². The lowest BCUT2D eigenvalue weighted by Gasteiger charge is -2.13. The van der Waals surface area contributed by atoms with Crippen LogP contribution in [0.15, 0.2) is 46.9 Å². The van der Waals surface area contributed by atoms with Crippen LogP contribution >= 0.6 is 27.5 Å². The van der Waals surface area contributed by atoms with Crippen molar-refractivity contribution in [2.24, 2.45) is 5.73 Å². The minimum absolute atomic E-state index is 0.0727. The molecule has 2 rings (SSSR count). The molecule has 0 saturated carbocycles. The molecule has 20 heavy (non-hydrogen) atoms. The molecule has 0 fully saturated rings. The fourth-order valence-corrected chi connectivity index (χ4v) is 2.40. The Morgan fingerprint density at radius 3 is 2.55 bits per heavy atom. The van der Waals surface area contributed by atoms with Crippen molar-refractivity contribution < 1.29 is 4.74 Å². The van der Waals surface area contributed by atoms with E-state index in [2.05, 4.69) is 15.9 Å². The highest BCUT2D eigenvalue weighted by atomic mass is 79.9. The zero-order valence-electron chi connectivity index (χ0n) is 11.3. The predicted octanol–water partition coefficient (Wildman–Crippen LogP) is 4.57. The van der Waals surface area contributed by atoms with E-state index in [0.717, 1.165) is 27.8 Å². The van der Waals surface area contributed by atoms with Crippen molar-refractivity contribution in [3.63, 3.8) is 0 Å². The number of hydrogen-bond acceptors (Lipinski definition) is 2. The monoisotopic (exact) mass is 353 g/mol. The highest BCUT2D eigenvalue weighted by molar-refractivity contribution is 9.10. The van der Waals surface area contributed by atoms with Gasteiger partial charge in [0.1, 0.15) is 12.4 Å². The van der Waals surface area contributed by atoms with Crippen LogP contribution in [0.4, 0.5) is 0 Å². The molecule has 0 saturated heterocycles. The van der Waals surface area contributed by atoms with Gasteiger partial charge >= 0.3 is 0 Å². The fraction of sp³-hybridized carbons (Fsp3) is 0.250. The summed E-state index contributed by atoms with van der Waals surface area (Å²) in [5, 5.41) is 0.705. The number of halogens is 2. The summed E-state index contributed by atoms with van der Waals surface area (Å²) in [6, 6.07) is 13.8. The first-order chi connectivity index (χ1) is 9.54. The molecule has 106 valence electrons. The van der Waals surface area contributed by atoms with E-state index >= 15 is 0 Å². The summed E-state index contributed by atoms with van der Waals surface area (Å²) in [6.07, 6.45) is 0.746. The molecular formula is C16H17BrClNO. The summed E-state index contributed by atoms with van der Waals surface area (Å²) in [6.45, 7) is 2.50. The molecular weight excluding hydrogens is 338 g/mol. The first-order valence-electron chi connectivity index (χ1n) is 6.46. The Morgan fingerprint density at radius 2 is 1.90 bits per heavy atom. The lowest BCUT2D eigenvalue weighted by molar-refractivity contribution is 0.302. The van der Waals surface area contributed by atoms with Gasteiger partial charge in [-0.2, -0.15) is 0 Å². The molecule has 2 nitrogen and oxygen atoms in total. The van der Waals surface area contributed by atoms with E-state index < -0.39 is 0 Å². The van der Waals surface area contributed by atoms with Crippen LogP contribution in [0.1, 0.15) is 18.1 Å². The van der Waals surface area contributed by atoms with Gasteiger partial charge in [-0.3, -0.25) is 0 Å². The number of nitrogens with two attached hydrogens (primary N) is 1. The molecule has 0 spiro atoms. The van der Waals surface area contributed by atoms with Gasteiger partial charge in [0.25, 0.3) is 0 Å². The average Bonchev–Trinajstić information content (AvgIpc) is 2.39. The molecule has 0 aliphatic rings. The third-order valence-corrected chi connectivity index (χ3v) is 3.64. The predicted molar refractivity (Wildman–Crippen MR) is 87.3 cm³/mol. The topological polar surface area (TPSA) is 35.2 Å². The SMILES string of the molecule is CC(N)Cc1cc(Cl)ccc1OCc1ccc(Br)cc1. The second-order valence-electron chi connectivity index (χ2n) is 4.85. The van der Waals surface area contributed by atoms with Crippen molar-refractivity contribution in [3.05, 3.63) is 63.1 Å². The van der Waals surface area contributed by atoms with Crippen LogP contribution < -0.4 is 10.5 Å². The maximum absolute atomic E-state index is 6.03. The normalized spacial score (nSPS) is 12.2. The average molecular weight is 355 g/mol. The second kappa shape index (κ2) is 7.11. The van der Waals surface area contributed by atoms with Gasteiger partial charge in [-0.05, 0) is 54.8 Å². The Morgan fingerprint density at radius 1 is 1.20 bits per heavy atom. The Bertz CT molecular complexity index is 569. The van der Waals surface area contributed by atoms with Crippen LogP contribution in [0.25, 0.3) is 0 Å². The van der Waals surface area contributed by atoms with Crippen LogP contribution in [-0.4, -0.2) is 6.04 Å². The zero-order valence-corrected chi connectivity index (χ0v) is 13.6. The van der Waals surface area contributed by atoms with Gasteiger partial charge in [-0.1, -0.05) is 39.7 Å². The molecule has 1 unspecified atom stereocenters. The molecule has 0 heterocycles. The summed E-state index contributed by atoms with van der Waals surface area (Å²) in [5.74, 6) is 0.842. The first kappa shape index (κ1) is 15.4. The smallest absolute Gasteiger partial charge is 0.123 e. The molecule has 2 N–H and O–H groups in total. The maximum Gasteiger partial charge on any atom is 0.123 e. The van der Waals surface area contributed by atoms with Gasteiger partial charge < -0.3 is 10.5 Å².